The Hall–Kier alpha value is -2.94. The molecule has 122 valence electrons. The molecule has 24 heavy (non-hydrogen) atoms. The molecule has 1 aliphatic heterocycles. The number of para-hydroxylation sites is 1. The number of benzene rings is 1. The lowest BCUT2D eigenvalue weighted by Crippen LogP contribution is -2.33. The van der Waals surface area contributed by atoms with Gasteiger partial charge in [-0.15, -0.1) is 0 Å². The zero-order chi connectivity index (χ0) is 16.9. The Kier molecular flexibility index (Phi) is 4.71. The van der Waals surface area contributed by atoms with Crippen molar-refractivity contribution in [1.82, 2.24) is 9.97 Å². The Labute approximate surface area is 141 Å². The molecule has 0 aliphatic carbocycles. The number of carbonyl (C=O) groups excluding carboxylic acids is 1. The Balaban J connectivity index is 1.76. The number of carbonyl (C=O) groups is 1. The highest BCUT2D eigenvalue weighted by Gasteiger charge is 2.19. The van der Waals surface area contributed by atoms with Crippen LogP contribution in [0.25, 0.3) is 0 Å². The highest BCUT2D eigenvalue weighted by molar-refractivity contribution is 6.03. The predicted molar refractivity (Wildman–Crippen MR) is 91.8 cm³/mol. The van der Waals surface area contributed by atoms with Crippen LogP contribution in [0.2, 0.25) is 0 Å². The summed E-state index contributed by atoms with van der Waals surface area (Å²) in [4.78, 5) is 23.0. The Morgan fingerprint density at radius 3 is 2.79 bits per heavy atom. The summed E-state index contributed by atoms with van der Waals surface area (Å²) in [7, 11) is 0. The van der Waals surface area contributed by atoms with Crippen LogP contribution in [0.3, 0.4) is 0 Å². The predicted octanol–water partition coefficient (Wildman–Crippen LogP) is 2.84. The van der Waals surface area contributed by atoms with Crippen molar-refractivity contribution >= 4 is 17.4 Å². The van der Waals surface area contributed by atoms with Gasteiger partial charge in [0.15, 0.2) is 0 Å². The molecule has 2 heterocycles. The van der Waals surface area contributed by atoms with Crippen molar-refractivity contribution in [2.75, 3.05) is 23.3 Å². The number of piperidine rings is 1. The van der Waals surface area contributed by atoms with Gasteiger partial charge in [-0.3, -0.25) is 4.79 Å². The summed E-state index contributed by atoms with van der Waals surface area (Å²) in [6, 6.07) is 10.7. The monoisotopic (exact) mass is 321 g/mol. The van der Waals surface area contributed by atoms with Crippen LogP contribution >= 0.6 is 0 Å². The molecule has 0 bridgehead atoms. The van der Waals surface area contributed by atoms with Gasteiger partial charge in [0, 0.05) is 19.2 Å². The molecule has 1 N–H and O–H groups in total. The van der Waals surface area contributed by atoms with Crippen LogP contribution in [0.15, 0.2) is 36.7 Å². The van der Waals surface area contributed by atoms with Crippen molar-refractivity contribution in [2.24, 2.45) is 5.92 Å². The number of rotatable bonds is 3. The van der Waals surface area contributed by atoms with Gasteiger partial charge < -0.3 is 10.2 Å². The van der Waals surface area contributed by atoms with E-state index in [0.29, 0.717) is 16.9 Å². The van der Waals surface area contributed by atoms with Gasteiger partial charge >= 0.3 is 0 Å². The number of nitrogens with one attached hydrogen (secondary N) is 1. The molecule has 0 atom stereocenters. The minimum Gasteiger partial charge on any atom is -0.356 e. The van der Waals surface area contributed by atoms with Crippen molar-refractivity contribution in [1.29, 1.82) is 5.26 Å². The smallest absolute Gasteiger partial charge is 0.274 e. The van der Waals surface area contributed by atoms with Crippen LogP contribution in [0, 0.1) is 17.2 Å². The van der Waals surface area contributed by atoms with E-state index in [4.69, 9.17) is 5.26 Å². The Bertz CT molecular complexity index is 775. The molecule has 1 amide bonds. The molecule has 2 aromatic rings. The molecule has 1 aromatic heterocycles. The lowest BCUT2D eigenvalue weighted by molar-refractivity contribution is 0.102. The molecule has 3 rings (SSSR count). The number of hydrogen-bond donors (Lipinski definition) is 1. The van der Waals surface area contributed by atoms with Crippen LogP contribution in [-0.4, -0.2) is 29.0 Å². The zero-order valence-corrected chi connectivity index (χ0v) is 13.6. The highest BCUT2D eigenvalue weighted by atomic mass is 16.1. The van der Waals surface area contributed by atoms with Gasteiger partial charge in [0.1, 0.15) is 23.9 Å². The number of nitrogens with zero attached hydrogens (tertiary/aromatic N) is 4. The lowest BCUT2D eigenvalue weighted by atomic mass is 9.99. The SMILES string of the molecule is CC1CCN(c2cc(C(=O)Nc3ccccc3C#N)ncn2)CC1. The van der Waals surface area contributed by atoms with Crippen molar-refractivity contribution in [3.8, 4) is 6.07 Å². The van der Waals surface area contributed by atoms with Gasteiger partial charge in [-0.05, 0) is 30.9 Å². The average Bonchev–Trinajstić information content (AvgIpc) is 2.63. The van der Waals surface area contributed by atoms with Gasteiger partial charge in [0.05, 0.1) is 11.3 Å². The summed E-state index contributed by atoms with van der Waals surface area (Å²) in [6.07, 6.45) is 3.67. The first kappa shape index (κ1) is 15.9. The van der Waals surface area contributed by atoms with E-state index in [1.807, 2.05) is 0 Å². The van der Waals surface area contributed by atoms with E-state index in [0.717, 1.165) is 37.7 Å². The topological polar surface area (TPSA) is 81.9 Å². The fourth-order valence-corrected chi connectivity index (χ4v) is 2.76. The maximum atomic E-state index is 12.4. The molecule has 6 nitrogen and oxygen atoms in total. The van der Waals surface area contributed by atoms with Gasteiger partial charge in [-0.2, -0.15) is 5.26 Å². The van der Waals surface area contributed by atoms with E-state index in [1.165, 1.54) is 6.33 Å². The quantitative estimate of drug-likeness (QED) is 0.940. The molecule has 6 heteroatoms. The summed E-state index contributed by atoms with van der Waals surface area (Å²) in [5.41, 5.74) is 1.20. The highest BCUT2D eigenvalue weighted by Crippen LogP contribution is 2.22. The molecule has 0 saturated carbocycles. The second kappa shape index (κ2) is 7.09. The fraction of sp³-hybridized carbons (Fsp3) is 0.333. The Morgan fingerprint density at radius 1 is 1.29 bits per heavy atom. The summed E-state index contributed by atoms with van der Waals surface area (Å²) in [5.74, 6) is 1.16. The average molecular weight is 321 g/mol. The van der Waals surface area contributed by atoms with Crippen LogP contribution in [-0.2, 0) is 0 Å². The summed E-state index contributed by atoms with van der Waals surface area (Å²) >= 11 is 0. The third-order valence-corrected chi connectivity index (χ3v) is 4.29. The first-order chi connectivity index (χ1) is 11.7. The zero-order valence-electron chi connectivity index (χ0n) is 13.6. The minimum atomic E-state index is -0.341. The van der Waals surface area contributed by atoms with E-state index >= 15 is 0 Å². The van der Waals surface area contributed by atoms with Crippen LogP contribution < -0.4 is 10.2 Å². The summed E-state index contributed by atoms with van der Waals surface area (Å²) in [6.45, 7) is 4.13. The molecule has 1 fully saturated rings. The third-order valence-electron chi connectivity index (χ3n) is 4.29. The standard InChI is InChI=1S/C18H19N5O/c1-13-6-8-23(9-7-13)17-10-16(20-12-21-17)18(24)22-15-5-3-2-4-14(15)11-19/h2-5,10,12-13H,6-9H2,1H3,(H,22,24). The van der Waals surface area contributed by atoms with E-state index in [1.54, 1.807) is 30.3 Å². The number of amides is 1. The van der Waals surface area contributed by atoms with Crippen molar-refractivity contribution < 1.29 is 4.79 Å². The first-order valence-electron chi connectivity index (χ1n) is 8.05. The minimum absolute atomic E-state index is 0.298. The molecule has 0 unspecified atom stereocenters. The van der Waals surface area contributed by atoms with Gasteiger partial charge in [-0.1, -0.05) is 19.1 Å². The Morgan fingerprint density at radius 2 is 2.04 bits per heavy atom. The number of hydrogen-bond acceptors (Lipinski definition) is 5. The van der Waals surface area contributed by atoms with E-state index in [9.17, 15) is 4.79 Å². The van der Waals surface area contributed by atoms with E-state index < -0.39 is 0 Å². The number of anilines is 2. The van der Waals surface area contributed by atoms with Crippen molar-refractivity contribution in [2.45, 2.75) is 19.8 Å². The third kappa shape index (κ3) is 3.51. The van der Waals surface area contributed by atoms with Gasteiger partial charge in [0.25, 0.3) is 5.91 Å². The second-order valence-corrected chi connectivity index (χ2v) is 6.04. The maximum Gasteiger partial charge on any atom is 0.274 e. The van der Waals surface area contributed by atoms with Crippen molar-refractivity contribution in [3.05, 3.63) is 47.9 Å². The molecular weight excluding hydrogens is 302 g/mol. The first-order valence-corrected chi connectivity index (χ1v) is 8.05. The lowest BCUT2D eigenvalue weighted by Gasteiger charge is -2.31. The molecule has 0 radical (unpaired) electrons. The molecular formula is C18H19N5O. The van der Waals surface area contributed by atoms with Crippen LogP contribution in [0.1, 0.15) is 35.8 Å². The summed E-state index contributed by atoms with van der Waals surface area (Å²) in [5, 5.41) is 11.8. The van der Waals surface area contributed by atoms with Crippen LogP contribution in [0.5, 0.6) is 0 Å². The van der Waals surface area contributed by atoms with E-state index in [-0.39, 0.29) is 5.91 Å². The fourth-order valence-electron chi connectivity index (χ4n) is 2.76. The van der Waals surface area contributed by atoms with Crippen molar-refractivity contribution in [3.63, 3.8) is 0 Å². The summed E-state index contributed by atoms with van der Waals surface area (Å²) < 4.78 is 0. The molecule has 1 aliphatic rings. The van der Waals surface area contributed by atoms with E-state index in [2.05, 4.69) is 33.2 Å². The number of nitriles is 1. The molecule has 1 saturated heterocycles. The number of aromatic nitrogens is 2. The maximum absolute atomic E-state index is 12.4. The van der Waals surface area contributed by atoms with Gasteiger partial charge in [-0.25, -0.2) is 9.97 Å². The molecule has 0 spiro atoms. The normalized spacial score (nSPS) is 14.9. The molecule has 1 aromatic carbocycles. The van der Waals surface area contributed by atoms with Gasteiger partial charge in [0.2, 0.25) is 0 Å². The second-order valence-electron chi connectivity index (χ2n) is 6.04. The van der Waals surface area contributed by atoms with Crippen LogP contribution in [0.4, 0.5) is 11.5 Å². The largest absolute Gasteiger partial charge is 0.356 e.